The van der Waals surface area contributed by atoms with Crippen molar-refractivity contribution in [3.63, 3.8) is 0 Å². The molecule has 0 spiro atoms. The zero-order valence-corrected chi connectivity index (χ0v) is 34.1. The van der Waals surface area contributed by atoms with Gasteiger partial charge >= 0.3 is 6.01 Å². The van der Waals surface area contributed by atoms with Gasteiger partial charge in [-0.2, -0.15) is 9.97 Å². The van der Waals surface area contributed by atoms with Crippen LogP contribution in [-0.4, -0.2) is 88.7 Å². The third kappa shape index (κ3) is 6.22. The summed E-state index contributed by atoms with van der Waals surface area (Å²) in [6.07, 6.45) is 2.85. The highest BCUT2D eigenvalue weighted by Crippen LogP contribution is 2.46. The molecule has 4 aromatic rings. The number of phenols is 1. The number of aromatic hydroxyl groups is 1. The number of piperidine rings is 1. The number of ether oxygens (including phenoxy) is 1. The van der Waals surface area contributed by atoms with Crippen LogP contribution in [0.1, 0.15) is 85.6 Å². The molecule has 298 valence electrons. The van der Waals surface area contributed by atoms with Crippen LogP contribution in [0, 0.1) is 23.1 Å². The Labute approximate surface area is 327 Å². The van der Waals surface area contributed by atoms with Crippen LogP contribution >= 0.6 is 0 Å². The van der Waals surface area contributed by atoms with Gasteiger partial charge in [0, 0.05) is 42.2 Å². The fourth-order valence-corrected chi connectivity index (χ4v) is 16.2. The van der Waals surface area contributed by atoms with Gasteiger partial charge in [0.15, 0.2) is 5.82 Å². The van der Waals surface area contributed by atoms with E-state index < -0.39 is 49.7 Å². The second kappa shape index (κ2) is 14.4. The van der Waals surface area contributed by atoms with E-state index in [0.29, 0.717) is 65.4 Å². The Morgan fingerprint density at radius 1 is 1.05 bits per heavy atom. The van der Waals surface area contributed by atoms with Crippen LogP contribution in [0.15, 0.2) is 30.5 Å². The van der Waals surface area contributed by atoms with E-state index in [-0.39, 0.29) is 52.1 Å². The zero-order chi connectivity index (χ0) is 39.8. The summed E-state index contributed by atoms with van der Waals surface area (Å²) in [6.45, 7) is 14.3. The van der Waals surface area contributed by atoms with Crippen molar-refractivity contribution in [1.29, 1.82) is 0 Å². The summed E-state index contributed by atoms with van der Waals surface area (Å²) in [6, 6.07) is 4.33. The molecule has 56 heavy (non-hydrogen) atoms. The van der Waals surface area contributed by atoms with Crippen LogP contribution in [0.25, 0.3) is 32.9 Å². The highest BCUT2D eigenvalue weighted by atomic mass is 28.3. The molecule has 6 heterocycles. The van der Waals surface area contributed by atoms with E-state index >= 15 is 13.2 Å². The molecule has 0 amide bonds. The van der Waals surface area contributed by atoms with E-state index in [0.717, 1.165) is 19.4 Å². The first-order valence-electron chi connectivity index (χ1n) is 20.2. The average Bonchev–Trinajstić information content (AvgIpc) is 3.79. The number of phenolic OH excluding ortho intramolecular Hbond substituents is 1. The largest absolute Gasteiger partial charge is 0.508 e. The fourth-order valence-electron chi connectivity index (χ4n) is 11.0. The second-order valence-electron chi connectivity index (χ2n) is 17.6. The molecule has 8 nitrogen and oxygen atoms in total. The Kier molecular flexibility index (Phi) is 10.0. The second-order valence-corrected chi connectivity index (χ2v) is 23.2. The molecule has 0 radical (unpaired) electrons. The molecular weight excluding hydrogens is 737 g/mol. The maximum Gasteiger partial charge on any atom is 0.319 e. The SMILES string of the molecule is CC(C)[Si](C#Cc1c(F)ccc2cc(O)cc(-c3ncc4c(N5[C@H]6CC[C@@H]5[C@@H](F)[C@H](N)C6)nc(OC[C@@]56CCCN5C[C@H](F)C6)nc4c3F)c12)(C(C)C)C(C)C. The lowest BCUT2D eigenvalue weighted by Crippen LogP contribution is -2.56. The number of nitrogens with zero attached hydrogens (tertiary/aromatic N) is 5. The summed E-state index contributed by atoms with van der Waals surface area (Å²) in [7, 11) is -2.31. The maximum atomic E-state index is 17.4. The Balaban J connectivity index is 1.31. The van der Waals surface area contributed by atoms with Crippen LogP contribution in [0.4, 0.5) is 23.4 Å². The lowest BCUT2D eigenvalue weighted by atomic mass is 9.95. The topological polar surface area (TPSA) is 101 Å². The minimum atomic E-state index is -2.31. The number of aromatic nitrogens is 3. The molecule has 0 aliphatic carbocycles. The van der Waals surface area contributed by atoms with Crippen LogP contribution < -0.4 is 15.4 Å². The van der Waals surface area contributed by atoms with E-state index in [9.17, 15) is 9.50 Å². The summed E-state index contributed by atoms with van der Waals surface area (Å²) < 4.78 is 70.2. The monoisotopic (exact) mass is 788 g/mol. The summed E-state index contributed by atoms with van der Waals surface area (Å²) in [4.78, 5) is 18.0. The minimum Gasteiger partial charge on any atom is -0.508 e. The fraction of sp³-hybridized carbons (Fsp3) is 0.558. The predicted octanol–water partition coefficient (Wildman–Crippen LogP) is 8.76. The van der Waals surface area contributed by atoms with Crippen LogP contribution in [0.5, 0.6) is 11.8 Å². The first-order chi connectivity index (χ1) is 26.6. The van der Waals surface area contributed by atoms with Crippen molar-refractivity contribution in [3.05, 3.63) is 47.7 Å². The number of fused-ring (bicyclic) bond motifs is 5. The van der Waals surface area contributed by atoms with Gasteiger partial charge in [0.2, 0.25) is 0 Å². The molecule has 0 unspecified atom stereocenters. The molecule has 4 aliphatic rings. The third-order valence-corrected chi connectivity index (χ3v) is 19.9. The number of anilines is 1. The molecule has 4 saturated heterocycles. The summed E-state index contributed by atoms with van der Waals surface area (Å²) >= 11 is 0. The van der Waals surface area contributed by atoms with Crippen molar-refractivity contribution in [1.82, 2.24) is 19.9 Å². The highest BCUT2D eigenvalue weighted by molar-refractivity contribution is 6.90. The van der Waals surface area contributed by atoms with E-state index in [1.54, 1.807) is 6.07 Å². The maximum absolute atomic E-state index is 17.4. The first-order valence-corrected chi connectivity index (χ1v) is 22.4. The standard InChI is InChI=1S/C43H52F4N6O2Si/c1-23(2)56(24(3)4,25(5)6)15-12-30-33(45)10-8-26-16-29(54)18-31(36(26)30)39-38(47)40-32(20-49-39)41(53-28-9-11-35(53)37(46)34(48)17-28)51-42(50-40)55-22-43-13-7-14-52(43)21-27(44)19-43/h8,10,16,18,20,23-25,27-28,34-35,37,54H,7,9,11,13-14,17,19,21-22,48H2,1-6H3/t27-,28+,34-,35-,37+,43+/m1/s1. The van der Waals surface area contributed by atoms with Gasteiger partial charge in [0.05, 0.1) is 22.5 Å². The molecule has 2 aromatic heterocycles. The summed E-state index contributed by atoms with van der Waals surface area (Å²) in [5.74, 6) is 2.02. The van der Waals surface area contributed by atoms with Crippen molar-refractivity contribution >= 4 is 35.6 Å². The van der Waals surface area contributed by atoms with Gasteiger partial charge in [-0.25, -0.2) is 17.6 Å². The minimum absolute atomic E-state index is 0.104. The number of alkyl halides is 2. The number of halogens is 4. The van der Waals surface area contributed by atoms with Gasteiger partial charge in [-0.1, -0.05) is 53.5 Å². The van der Waals surface area contributed by atoms with Gasteiger partial charge in [0.25, 0.3) is 0 Å². The molecule has 8 rings (SSSR count). The number of benzene rings is 2. The summed E-state index contributed by atoms with van der Waals surface area (Å²) in [5, 5.41) is 12.0. The number of rotatable bonds is 8. The van der Waals surface area contributed by atoms with E-state index in [2.05, 4.69) is 67.9 Å². The smallest absolute Gasteiger partial charge is 0.319 e. The van der Waals surface area contributed by atoms with Crippen LogP contribution in [0.2, 0.25) is 16.6 Å². The predicted molar refractivity (Wildman–Crippen MR) is 215 cm³/mol. The molecule has 2 aromatic carbocycles. The molecule has 3 N–H and O–H groups in total. The third-order valence-electron chi connectivity index (χ3n) is 13.6. The molecule has 4 fully saturated rings. The zero-order valence-electron chi connectivity index (χ0n) is 33.1. The van der Waals surface area contributed by atoms with Gasteiger partial charge in [-0.15, -0.1) is 5.54 Å². The van der Waals surface area contributed by atoms with Crippen molar-refractivity contribution in [3.8, 4) is 34.5 Å². The number of hydrogen-bond acceptors (Lipinski definition) is 8. The first kappa shape index (κ1) is 38.9. The van der Waals surface area contributed by atoms with Crippen molar-refractivity contribution in [2.75, 3.05) is 24.6 Å². The van der Waals surface area contributed by atoms with Gasteiger partial charge in [-0.05, 0) is 78.9 Å². The Morgan fingerprint density at radius 2 is 1.80 bits per heavy atom. The van der Waals surface area contributed by atoms with Gasteiger partial charge in [-0.3, -0.25) is 9.88 Å². The normalized spacial score (nSPS) is 26.5. The summed E-state index contributed by atoms with van der Waals surface area (Å²) in [5.41, 5.74) is 10.2. The average molecular weight is 789 g/mol. The van der Waals surface area contributed by atoms with Gasteiger partial charge in [0.1, 0.15) is 55.6 Å². The van der Waals surface area contributed by atoms with Crippen molar-refractivity contribution in [2.45, 2.75) is 133 Å². The lowest BCUT2D eigenvalue weighted by Gasteiger charge is -2.41. The number of nitrogens with two attached hydrogens (primary N) is 1. The van der Waals surface area contributed by atoms with Crippen LogP contribution in [0.3, 0.4) is 0 Å². The Bertz CT molecular complexity index is 2220. The van der Waals surface area contributed by atoms with E-state index in [1.807, 2.05) is 4.90 Å². The lowest BCUT2D eigenvalue weighted by molar-refractivity contribution is 0.107. The Morgan fingerprint density at radius 3 is 2.54 bits per heavy atom. The molecule has 13 heteroatoms. The van der Waals surface area contributed by atoms with E-state index in [1.165, 1.54) is 24.4 Å². The number of hydrogen-bond donors (Lipinski definition) is 2. The highest BCUT2D eigenvalue weighted by Gasteiger charge is 2.50. The molecule has 0 saturated carbocycles. The van der Waals surface area contributed by atoms with Crippen LogP contribution in [-0.2, 0) is 0 Å². The Hall–Kier alpha value is -3.99. The molecule has 2 bridgehead atoms. The van der Waals surface area contributed by atoms with Gasteiger partial charge < -0.3 is 20.5 Å². The number of pyridine rings is 1. The quantitative estimate of drug-likeness (QED) is 0.104. The van der Waals surface area contributed by atoms with E-state index in [4.69, 9.17) is 15.5 Å². The molecule has 4 aliphatic heterocycles. The van der Waals surface area contributed by atoms with Crippen molar-refractivity contribution < 1.29 is 27.4 Å². The van der Waals surface area contributed by atoms with Crippen molar-refractivity contribution in [2.24, 2.45) is 5.73 Å². The molecular formula is C43H52F4N6O2Si. The molecule has 6 atom stereocenters.